The van der Waals surface area contributed by atoms with Gasteiger partial charge in [-0.2, -0.15) is 13.2 Å². The topological polar surface area (TPSA) is 87.9 Å². The first kappa shape index (κ1) is 19.8. The predicted octanol–water partition coefficient (Wildman–Crippen LogP) is 4.27. The van der Waals surface area contributed by atoms with Gasteiger partial charge in [0.2, 0.25) is 5.75 Å². The molecule has 3 rings (SSSR count). The lowest BCUT2D eigenvalue weighted by Crippen LogP contribution is -2.18. The smallest absolute Gasteiger partial charge is 0.416 e. The van der Waals surface area contributed by atoms with Crippen molar-refractivity contribution in [2.24, 2.45) is 0 Å². The molecule has 0 aliphatic carbocycles. The molecule has 0 unspecified atom stereocenters. The number of nitro benzene ring substituents is 1. The molecule has 28 heavy (non-hydrogen) atoms. The van der Waals surface area contributed by atoms with E-state index in [1.807, 2.05) is 0 Å². The largest absolute Gasteiger partial charge is 0.417 e. The highest BCUT2D eigenvalue weighted by Gasteiger charge is 2.36. The van der Waals surface area contributed by atoms with Gasteiger partial charge in [-0.1, -0.05) is 12.1 Å². The molecule has 1 aliphatic heterocycles. The molecule has 0 atom stereocenters. The lowest BCUT2D eigenvalue weighted by Gasteiger charge is -2.23. The number of hydrogen-bond donors (Lipinski definition) is 0. The van der Waals surface area contributed by atoms with E-state index in [2.05, 4.69) is 0 Å². The number of carbonyl (C=O) groups excluding carboxylic acids is 1. The number of nitro groups is 1. The zero-order chi connectivity index (χ0) is 20.3. The van der Waals surface area contributed by atoms with E-state index in [1.54, 1.807) is 0 Å². The Labute approximate surface area is 156 Å². The maximum absolute atomic E-state index is 13.1. The molecule has 2 aromatic carbocycles. The molecule has 10 heteroatoms. The lowest BCUT2D eigenvalue weighted by molar-refractivity contribution is -0.385. The van der Waals surface area contributed by atoms with Gasteiger partial charge < -0.3 is 14.2 Å². The number of halogens is 3. The molecule has 0 bridgehead atoms. The Bertz CT molecular complexity index is 893. The van der Waals surface area contributed by atoms with Crippen molar-refractivity contribution >= 4 is 11.7 Å². The first-order valence-corrected chi connectivity index (χ1v) is 8.17. The van der Waals surface area contributed by atoms with Gasteiger partial charge in [0, 0.05) is 11.6 Å². The Morgan fingerprint density at radius 1 is 1.14 bits per heavy atom. The molecule has 0 spiro atoms. The third-order valence-corrected chi connectivity index (χ3v) is 3.93. The second kappa shape index (κ2) is 7.95. The molecule has 0 N–H and O–H groups in total. The zero-order valence-electron chi connectivity index (χ0n) is 14.3. The number of carbonyl (C=O) groups is 1. The standard InChI is InChI=1S/C18H14F3NO6/c19-18(20,21)13-5-2-1-4-12(13)16(23)28-15-7-6-11(10-14(15)22(24)25)17-26-8-3-9-27-17/h1-2,4-7,10,17H,3,8-9H2. The predicted molar refractivity (Wildman–Crippen MR) is 88.8 cm³/mol. The Morgan fingerprint density at radius 3 is 2.46 bits per heavy atom. The van der Waals surface area contributed by atoms with E-state index in [0.717, 1.165) is 30.3 Å². The van der Waals surface area contributed by atoms with Crippen molar-refractivity contribution in [2.45, 2.75) is 18.9 Å². The van der Waals surface area contributed by atoms with Crippen LogP contribution in [-0.2, 0) is 15.7 Å². The van der Waals surface area contributed by atoms with Crippen molar-refractivity contribution in [1.29, 1.82) is 0 Å². The van der Waals surface area contributed by atoms with Crippen molar-refractivity contribution in [3.05, 3.63) is 69.3 Å². The second-order valence-electron chi connectivity index (χ2n) is 5.84. The monoisotopic (exact) mass is 397 g/mol. The SMILES string of the molecule is O=C(Oc1ccc(C2OCCCO2)cc1[N+](=O)[O-])c1ccccc1C(F)(F)F. The van der Waals surface area contributed by atoms with Crippen LogP contribution in [0.25, 0.3) is 0 Å². The van der Waals surface area contributed by atoms with Gasteiger partial charge in [-0.15, -0.1) is 0 Å². The summed E-state index contributed by atoms with van der Waals surface area (Å²) in [5, 5.41) is 11.4. The van der Waals surface area contributed by atoms with Crippen LogP contribution in [0.4, 0.5) is 18.9 Å². The van der Waals surface area contributed by atoms with Gasteiger partial charge in [-0.05, 0) is 30.7 Å². The van der Waals surface area contributed by atoms with Crippen LogP contribution in [0.3, 0.4) is 0 Å². The van der Waals surface area contributed by atoms with E-state index in [-0.39, 0.29) is 0 Å². The van der Waals surface area contributed by atoms with Gasteiger partial charge in [-0.25, -0.2) is 4.79 Å². The molecular formula is C18H14F3NO6. The zero-order valence-corrected chi connectivity index (χ0v) is 14.3. The third-order valence-electron chi connectivity index (χ3n) is 3.93. The normalized spacial score (nSPS) is 15.2. The van der Waals surface area contributed by atoms with Crippen molar-refractivity contribution < 1.29 is 37.1 Å². The maximum atomic E-state index is 13.1. The molecule has 0 radical (unpaired) electrons. The Kier molecular flexibility index (Phi) is 5.61. The van der Waals surface area contributed by atoms with E-state index in [4.69, 9.17) is 14.2 Å². The van der Waals surface area contributed by atoms with Crippen molar-refractivity contribution in [2.75, 3.05) is 13.2 Å². The summed E-state index contributed by atoms with van der Waals surface area (Å²) in [6.07, 6.45) is -4.89. The average molecular weight is 397 g/mol. The van der Waals surface area contributed by atoms with E-state index in [1.165, 1.54) is 12.1 Å². The number of ether oxygens (including phenoxy) is 3. The molecule has 0 amide bonds. The highest BCUT2D eigenvalue weighted by Crippen LogP contribution is 2.35. The Morgan fingerprint density at radius 2 is 1.82 bits per heavy atom. The van der Waals surface area contributed by atoms with E-state index in [9.17, 15) is 28.1 Å². The van der Waals surface area contributed by atoms with Crippen LogP contribution in [0, 0.1) is 10.1 Å². The van der Waals surface area contributed by atoms with Gasteiger partial charge in [0.25, 0.3) is 0 Å². The van der Waals surface area contributed by atoms with E-state index < -0.39 is 45.9 Å². The van der Waals surface area contributed by atoms with Gasteiger partial charge in [0.05, 0.1) is 29.3 Å². The molecule has 0 saturated carbocycles. The second-order valence-corrected chi connectivity index (χ2v) is 5.84. The van der Waals surface area contributed by atoms with Gasteiger partial charge >= 0.3 is 17.8 Å². The fourth-order valence-corrected chi connectivity index (χ4v) is 2.65. The molecule has 1 aliphatic rings. The summed E-state index contributed by atoms with van der Waals surface area (Å²) in [6.45, 7) is 0.840. The van der Waals surface area contributed by atoms with Gasteiger partial charge in [-0.3, -0.25) is 10.1 Å². The average Bonchev–Trinajstić information content (AvgIpc) is 2.68. The molecule has 0 aromatic heterocycles. The van der Waals surface area contributed by atoms with Gasteiger partial charge in [0.1, 0.15) is 0 Å². The highest BCUT2D eigenvalue weighted by molar-refractivity contribution is 5.93. The number of esters is 1. The molecule has 2 aromatic rings. The first-order valence-electron chi connectivity index (χ1n) is 8.17. The summed E-state index contributed by atoms with van der Waals surface area (Å²) in [6, 6.07) is 7.65. The van der Waals surface area contributed by atoms with Crippen LogP contribution in [0.2, 0.25) is 0 Å². The highest BCUT2D eigenvalue weighted by atomic mass is 19.4. The molecule has 7 nitrogen and oxygen atoms in total. The third kappa shape index (κ3) is 4.29. The van der Waals surface area contributed by atoms with Crippen LogP contribution in [-0.4, -0.2) is 24.1 Å². The first-order chi connectivity index (χ1) is 13.3. The van der Waals surface area contributed by atoms with Crippen molar-refractivity contribution in [1.82, 2.24) is 0 Å². The quantitative estimate of drug-likeness (QED) is 0.331. The molecular weight excluding hydrogens is 383 g/mol. The number of alkyl halides is 3. The molecule has 1 heterocycles. The van der Waals surface area contributed by atoms with Gasteiger partial charge in [0.15, 0.2) is 6.29 Å². The van der Waals surface area contributed by atoms with Crippen LogP contribution >= 0.6 is 0 Å². The van der Waals surface area contributed by atoms with Crippen LogP contribution in [0.1, 0.15) is 34.2 Å². The molecule has 1 saturated heterocycles. The molecule has 148 valence electrons. The molecule has 1 fully saturated rings. The minimum Gasteiger partial charge on any atom is -0.416 e. The minimum atomic E-state index is -4.78. The van der Waals surface area contributed by atoms with E-state index >= 15 is 0 Å². The summed E-state index contributed by atoms with van der Waals surface area (Å²) in [4.78, 5) is 22.8. The Hall–Kier alpha value is -2.98. The summed E-state index contributed by atoms with van der Waals surface area (Å²) in [7, 11) is 0. The summed E-state index contributed by atoms with van der Waals surface area (Å²) in [5.41, 5.74) is -2.19. The van der Waals surface area contributed by atoms with Crippen LogP contribution in [0.5, 0.6) is 5.75 Å². The number of nitrogens with zero attached hydrogens (tertiary/aromatic N) is 1. The number of rotatable bonds is 4. The number of hydrogen-bond acceptors (Lipinski definition) is 6. The summed E-state index contributed by atoms with van der Waals surface area (Å²) in [5.74, 6) is -1.83. The summed E-state index contributed by atoms with van der Waals surface area (Å²) >= 11 is 0. The maximum Gasteiger partial charge on any atom is 0.417 e. The minimum absolute atomic E-state index is 0.335. The lowest BCUT2D eigenvalue weighted by atomic mass is 10.1. The Balaban J connectivity index is 1.90. The van der Waals surface area contributed by atoms with Crippen LogP contribution in [0.15, 0.2) is 42.5 Å². The fraction of sp³-hybridized carbons (Fsp3) is 0.278. The van der Waals surface area contributed by atoms with E-state index in [0.29, 0.717) is 25.2 Å². The number of benzene rings is 2. The van der Waals surface area contributed by atoms with Crippen molar-refractivity contribution in [3.8, 4) is 5.75 Å². The van der Waals surface area contributed by atoms with Crippen molar-refractivity contribution in [3.63, 3.8) is 0 Å². The summed E-state index contributed by atoms with van der Waals surface area (Å²) < 4.78 is 54.8. The van der Waals surface area contributed by atoms with Crippen LogP contribution < -0.4 is 4.74 Å². The fourth-order valence-electron chi connectivity index (χ4n) is 2.65.